The zero-order valence-electron chi connectivity index (χ0n) is 14.2. The highest BCUT2D eigenvalue weighted by Crippen LogP contribution is 2.40. The van der Waals surface area contributed by atoms with E-state index in [1.54, 1.807) is 36.0 Å². The summed E-state index contributed by atoms with van der Waals surface area (Å²) in [6, 6.07) is 6.55. The van der Waals surface area contributed by atoms with E-state index >= 15 is 0 Å². The zero-order chi connectivity index (χ0) is 17.3. The number of piperidine rings is 1. The minimum Gasteiger partial charge on any atom is -0.349 e. The van der Waals surface area contributed by atoms with Gasteiger partial charge in [0, 0.05) is 45.1 Å². The van der Waals surface area contributed by atoms with Crippen LogP contribution in [-0.4, -0.2) is 55.0 Å². The van der Waals surface area contributed by atoms with Gasteiger partial charge >= 0.3 is 6.03 Å². The van der Waals surface area contributed by atoms with E-state index in [9.17, 15) is 14.0 Å². The van der Waals surface area contributed by atoms with Crippen molar-refractivity contribution in [3.05, 3.63) is 35.6 Å². The highest BCUT2D eigenvalue weighted by Gasteiger charge is 2.40. The summed E-state index contributed by atoms with van der Waals surface area (Å²) >= 11 is 0. The van der Waals surface area contributed by atoms with Gasteiger partial charge in [0.1, 0.15) is 5.82 Å². The molecule has 1 saturated heterocycles. The Morgan fingerprint density at radius 1 is 1.17 bits per heavy atom. The molecule has 24 heavy (non-hydrogen) atoms. The summed E-state index contributed by atoms with van der Waals surface area (Å²) in [6.07, 6.45) is 2.33. The van der Waals surface area contributed by atoms with Crippen LogP contribution in [0.1, 0.15) is 30.7 Å². The number of rotatable bonds is 3. The fourth-order valence-corrected chi connectivity index (χ4v) is 3.38. The van der Waals surface area contributed by atoms with Gasteiger partial charge in [-0.15, -0.1) is 0 Å². The number of benzene rings is 1. The second kappa shape index (κ2) is 6.79. The number of nitrogens with zero attached hydrogens (tertiary/aromatic N) is 2. The number of hydrogen-bond donors (Lipinski definition) is 1. The Balaban J connectivity index is 1.46. The van der Waals surface area contributed by atoms with Gasteiger partial charge < -0.3 is 15.1 Å². The fourth-order valence-electron chi connectivity index (χ4n) is 3.38. The Hall–Kier alpha value is -2.11. The van der Waals surface area contributed by atoms with Gasteiger partial charge in [0.2, 0.25) is 5.91 Å². The molecule has 1 saturated carbocycles. The van der Waals surface area contributed by atoms with Crippen LogP contribution in [0.5, 0.6) is 0 Å². The van der Waals surface area contributed by atoms with E-state index < -0.39 is 0 Å². The summed E-state index contributed by atoms with van der Waals surface area (Å²) in [5.74, 6) is 0.211. The number of nitrogens with one attached hydrogen (secondary N) is 1. The quantitative estimate of drug-likeness (QED) is 0.922. The Kier molecular flexibility index (Phi) is 4.73. The highest BCUT2D eigenvalue weighted by molar-refractivity contribution is 5.79. The topological polar surface area (TPSA) is 52.7 Å². The Morgan fingerprint density at radius 3 is 2.38 bits per heavy atom. The lowest BCUT2D eigenvalue weighted by molar-refractivity contribution is -0.134. The van der Waals surface area contributed by atoms with E-state index in [4.69, 9.17) is 0 Å². The summed E-state index contributed by atoms with van der Waals surface area (Å²) in [7, 11) is 3.54. The first kappa shape index (κ1) is 16.7. The monoisotopic (exact) mass is 333 g/mol. The normalized spacial score (nSPS) is 23.7. The van der Waals surface area contributed by atoms with Gasteiger partial charge in [-0.25, -0.2) is 9.18 Å². The van der Waals surface area contributed by atoms with Gasteiger partial charge in [-0.1, -0.05) is 12.1 Å². The molecular formula is C18H24FN3O2. The second-order valence-corrected chi connectivity index (χ2v) is 6.94. The van der Waals surface area contributed by atoms with Crippen LogP contribution in [-0.2, 0) is 4.79 Å². The molecule has 130 valence electrons. The SMILES string of the molecule is CN(C)C(=O)C1CCN(C(=O)N[C@@H]2C[C@H]2c2ccc(F)cc2)CC1. The molecule has 0 spiro atoms. The van der Waals surface area contributed by atoms with Gasteiger partial charge in [0.25, 0.3) is 0 Å². The number of halogens is 1. The van der Waals surface area contributed by atoms with Crippen molar-refractivity contribution in [3.8, 4) is 0 Å². The molecule has 5 nitrogen and oxygen atoms in total. The van der Waals surface area contributed by atoms with Crippen LogP contribution >= 0.6 is 0 Å². The molecule has 1 aliphatic heterocycles. The molecule has 1 heterocycles. The van der Waals surface area contributed by atoms with Crippen LogP contribution in [0.4, 0.5) is 9.18 Å². The van der Waals surface area contributed by atoms with E-state index in [-0.39, 0.29) is 35.6 Å². The Morgan fingerprint density at radius 2 is 1.79 bits per heavy atom. The molecule has 3 rings (SSSR count). The third-order valence-corrected chi connectivity index (χ3v) is 4.97. The van der Waals surface area contributed by atoms with Crippen LogP contribution in [0.15, 0.2) is 24.3 Å². The van der Waals surface area contributed by atoms with Crippen molar-refractivity contribution in [2.24, 2.45) is 5.92 Å². The van der Waals surface area contributed by atoms with E-state index in [1.165, 1.54) is 12.1 Å². The Bertz CT molecular complexity index is 609. The molecule has 2 atom stereocenters. The van der Waals surface area contributed by atoms with Crippen molar-refractivity contribution in [1.29, 1.82) is 0 Å². The summed E-state index contributed by atoms with van der Waals surface area (Å²) in [4.78, 5) is 27.7. The standard InChI is InChI=1S/C18H24FN3O2/c1-21(2)17(23)13-7-9-22(10-8-13)18(24)20-16-11-15(16)12-3-5-14(19)6-4-12/h3-6,13,15-16H,7-11H2,1-2H3,(H,20,24)/t15-,16+/m0/s1. The summed E-state index contributed by atoms with van der Waals surface area (Å²) in [5, 5.41) is 3.05. The largest absolute Gasteiger partial charge is 0.349 e. The van der Waals surface area contributed by atoms with Gasteiger partial charge in [-0.3, -0.25) is 4.79 Å². The number of carbonyl (C=O) groups is 2. The summed E-state index contributed by atoms with van der Waals surface area (Å²) in [6.45, 7) is 1.23. The number of likely N-dealkylation sites (tertiary alicyclic amines) is 1. The first-order valence-electron chi connectivity index (χ1n) is 8.48. The van der Waals surface area contributed by atoms with E-state index in [2.05, 4.69) is 5.32 Å². The van der Waals surface area contributed by atoms with Crippen LogP contribution in [0.2, 0.25) is 0 Å². The van der Waals surface area contributed by atoms with Gasteiger partial charge in [-0.2, -0.15) is 0 Å². The molecule has 0 unspecified atom stereocenters. The average Bonchev–Trinajstić information content (AvgIpc) is 3.34. The van der Waals surface area contributed by atoms with Gasteiger partial charge in [0.15, 0.2) is 0 Å². The molecule has 2 fully saturated rings. The second-order valence-electron chi connectivity index (χ2n) is 6.94. The third-order valence-electron chi connectivity index (χ3n) is 4.97. The molecule has 0 bridgehead atoms. The lowest BCUT2D eigenvalue weighted by atomic mass is 9.96. The first-order chi connectivity index (χ1) is 11.5. The van der Waals surface area contributed by atoms with Crippen molar-refractivity contribution >= 4 is 11.9 Å². The highest BCUT2D eigenvalue weighted by atomic mass is 19.1. The minimum absolute atomic E-state index is 0.0249. The minimum atomic E-state index is -0.241. The van der Waals surface area contributed by atoms with Crippen molar-refractivity contribution in [2.45, 2.75) is 31.2 Å². The van der Waals surface area contributed by atoms with Crippen LogP contribution in [0.3, 0.4) is 0 Å². The predicted octanol–water partition coefficient (Wildman–Crippen LogP) is 2.19. The van der Waals surface area contributed by atoms with Crippen molar-refractivity contribution < 1.29 is 14.0 Å². The molecule has 1 aromatic rings. The lowest BCUT2D eigenvalue weighted by Crippen LogP contribution is -2.47. The number of amides is 3. The van der Waals surface area contributed by atoms with Gasteiger partial charge in [0.05, 0.1) is 0 Å². The lowest BCUT2D eigenvalue weighted by Gasteiger charge is -2.32. The molecule has 6 heteroatoms. The van der Waals surface area contributed by atoms with Crippen molar-refractivity contribution in [2.75, 3.05) is 27.2 Å². The number of urea groups is 1. The maximum atomic E-state index is 13.0. The predicted molar refractivity (Wildman–Crippen MR) is 89.1 cm³/mol. The van der Waals surface area contributed by atoms with Crippen molar-refractivity contribution in [3.63, 3.8) is 0 Å². The fraction of sp³-hybridized carbons (Fsp3) is 0.556. The maximum absolute atomic E-state index is 13.0. The molecular weight excluding hydrogens is 309 g/mol. The average molecular weight is 333 g/mol. The molecule has 1 aromatic carbocycles. The molecule has 0 radical (unpaired) electrons. The molecule has 2 aliphatic rings. The van der Waals surface area contributed by atoms with Crippen molar-refractivity contribution in [1.82, 2.24) is 15.1 Å². The third kappa shape index (κ3) is 3.68. The van der Waals surface area contributed by atoms with Crippen LogP contribution in [0.25, 0.3) is 0 Å². The number of hydrogen-bond acceptors (Lipinski definition) is 2. The number of carbonyl (C=O) groups excluding carboxylic acids is 2. The van der Waals surface area contributed by atoms with Crippen LogP contribution in [0, 0.1) is 11.7 Å². The molecule has 0 aromatic heterocycles. The summed E-state index contributed by atoms with van der Waals surface area (Å²) in [5.41, 5.74) is 1.07. The van der Waals surface area contributed by atoms with Gasteiger partial charge in [-0.05, 0) is 37.0 Å². The molecule has 3 amide bonds. The van der Waals surface area contributed by atoms with E-state index in [0.29, 0.717) is 13.1 Å². The van der Waals surface area contributed by atoms with E-state index in [0.717, 1.165) is 24.8 Å². The maximum Gasteiger partial charge on any atom is 0.317 e. The summed E-state index contributed by atoms with van der Waals surface area (Å²) < 4.78 is 13.0. The van der Waals surface area contributed by atoms with Crippen LogP contribution < -0.4 is 5.32 Å². The zero-order valence-corrected chi connectivity index (χ0v) is 14.2. The first-order valence-corrected chi connectivity index (χ1v) is 8.48. The molecule has 1 aliphatic carbocycles. The smallest absolute Gasteiger partial charge is 0.317 e. The molecule has 1 N–H and O–H groups in total. The van der Waals surface area contributed by atoms with E-state index in [1.807, 2.05) is 0 Å². The Labute approximate surface area is 141 Å².